The molecule has 1 fully saturated rings. The van der Waals surface area contributed by atoms with E-state index in [0.717, 1.165) is 37.0 Å². The first-order valence-corrected chi connectivity index (χ1v) is 6.56. The Hall–Kier alpha value is -1.22. The number of rotatable bonds is 1. The Balaban J connectivity index is 2.23. The average molecular weight is 247 g/mol. The number of nitrogens with zero attached hydrogens (tertiary/aromatic N) is 1. The van der Waals surface area contributed by atoms with Crippen LogP contribution in [0.1, 0.15) is 45.1 Å². The second kappa shape index (κ2) is 3.64. The Labute approximate surface area is 107 Å². The molecule has 0 radical (unpaired) electrons. The number of benzene rings is 1. The van der Waals surface area contributed by atoms with Crippen molar-refractivity contribution in [3.05, 3.63) is 29.6 Å². The van der Waals surface area contributed by atoms with Crippen LogP contribution in [0, 0.1) is 5.82 Å². The quantitative estimate of drug-likeness (QED) is 0.809. The lowest BCUT2D eigenvalue weighted by Gasteiger charge is -2.33. The van der Waals surface area contributed by atoms with Crippen molar-refractivity contribution in [1.29, 1.82) is 0 Å². The highest BCUT2D eigenvalue weighted by atomic mass is 19.1. The molecule has 1 aromatic rings. The molecule has 0 atom stereocenters. The van der Waals surface area contributed by atoms with E-state index in [1.54, 1.807) is 19.9 Å². The Kier molecular flexibility index (Phi) is 2.39. The molecule has 1 aromatic carbocycles. The van der Waals surface area contributed by atoms with Crippen molar-refractivity contribution >= 4 is 11.4 Å². The van der Waals surface area contributed by atoms with E-state index < -0.39 is 5.60 Å². The summed E-state index contributed by atoms with van der Waals surface area (Å²) in [5, 5.41) is 10.4. The van der Waals surface area contributed by atoms with Gasteiger partial charge in [0.1, 0.15) is 11.5 Å². The zero-order chi connectivity index (χ0) is 13.0. The molecule has 18 heavy (non-hydrogen) atoms. The van der Waals surface area contributed by atoms with E-state index >= 15 is 0 Å². The number of fused-ring (bicyclic) bond motifs is 2. The minimum atomic E-state index is -0.990. The summed E-state index contributed by atoms with van der Waals surface area (Å²) in [6.45, 7) is 3.49. The molecule has 1 spiro atoms. The molecular formula is C15H18FNO. The van der Waals surface area contributed by atoms with Gasteiger partial charge in [0.25, 0.3) is 0 Å². The molecule has 0 aromatic heterocycles. The van der Waals surface area contributed by atoms with Gasteiger partial charge in [-0.25, -0.2) is 4.39 Å². The van der Waals surface area contributed by atoms with Crippen LogP contribution in [-0.4, -0.2) is 16.4 Å². The van der Waals surface area contributed by atoms with Crippen molar-refractivity contribution in [2.24, 2.45) is 4.99 Å². The summed E-state index contributed by atoms with van der Waals surface area (Å²) < 4.78 is 13.9. The van der Waals surface area contributed by atoms with Crippen LogP contribution in [0.4, 0.5) is 10.1 Å². The summed E-state index contributed by atoms with van der Waals surface area (Å²) in [7, 11) is 0. The minimum absolute atomic E-state index is 0.227. The highest BCUT2D eigenvalue weighted by molar-refractivity contribution is 6.06. The fourth-order valence-electron chi connectivity index (χ4n) is 3.57. The van der Waals surface area contributed by atoms with Crippen LogP contribution >= 0.6 is 0 Å². The van der Waals surface area contributed by atoms with Gasteiger partial charge in [-0.3, -0.25) is 4.99 Å². The zero-order valence-corrected chi connectivity index (χ0v) is 10.8. The minimum Gasteiger partial charge on any atom is -0.384 e. The van der Waals surface area contributed by atoms with Gasteiger partial charge in [-0.1, -0.05) is 25.0 Å². The van der Waals surface area contributed by atoms with E-state index in [2.05, 4.69) is 4.99 Å². The van der Waals surface area contributed by atoms with Gasteiger partial charge < -0.3 is 5.11 Å². The number of hydrogen-bond donors (Lipinski definition) is 1. The monoisotopic (exact) mass is 247 g/mol. The Bertz CT molecular complexity index is 522. The summed E-state index contributed by atoms with van der Waals surface area (Å²) in [4.78, 5) is 4.45. The van der Waals surface area contributed by atoms with Gasteiger partial charge in [0.2, 0.25) is 0 Å². The van der Waals surface area contributed by atoms with Crippen LogP contribution in [0.3, 0.4) is 0 Å². The number of halogens is 1. The SMILES string of the molecule is CC(C)(O)C1=Nc2c(F)cccc2C12CCCC2. The normalized spacial score (nSPS) is 21.2. The van der Waals surface area contributed by atoms with Gasteiger partial charge in [-0.2, -0.15) is 0 Å². The third-order valence-corrected chi connectivity index (χ3v) is 4.22. The lowest BCUT2D eigenvalue weighted by molar-refractivity contribution is 0.146. The largest absolute Gasteiger partial charge is 0.384 e. The molecule has 0 bridgehead atoms. The zero-order valence-electron chi connectivity index (χ0n) is 10.8. The van der Waals surface area contributed by atoms with Crippen LogP contribution in [0.2, 0.25) is 0 Å². The molecule has 2 nitrogen and oxygen atoms in total. The molecule has 1 saturated carbocycles. The predicted octanol–water partition coefficient (Wildman–Crippen LogP) is 3.49. The Morgan fingerprint density at radius 3 is 2.56 bits per heavy atom. The molecule has 1 heterocycles. The van der Waals surface area contributed by atoms with Gasteiger partial charge >= 0.3 is 0 Å². The fraction of sp³-hybridized carbons (Fsp3) is 0.533. The maximum Gasteiger partial charge on any atom is 0.149 e. The number of hydrogen-bond acceptors (Lipinski definition) is 2. The molecule has 3 rings (SSSR count). The van der Waals surface area contributed by atoms with Crippen molar-refractivity contribution in [3.8, 4) is 0 Å². The smallest absolute Gasteiger partial charge is 0.149 e. The summed E-state index contributed by atoms with van der Waals surface area (Å²) in [5.41, 5.74) is 0.937. The van der Waals surface area contributed by atoms with Gasteiger partial charge in [0.05, 0.1) is 11.3 Å². The molecule has 0 amide bonds. The third-order valence-electron chi connectivity index (χ3n) is 4.22. The van der Waals surface area contributed by atoms with E-state index in [0.29, 0.717) is 5.69 Å². The summed E-state index contributed by atoms with van der Waals surface area (Å²) in [5.74, 6) is -0.280. The van der Waals surface area contributed by atoms with Crippen molar-refractivity contribution in [2.45, 2.75) is 50.5 Å². The summed E-state index contributed by atoms with van der Waals surface area (Å²) in [6.07, 6.45) is 4.16. The van der Waals surface area contributed by atoms with E-state index in [4.69, 9.17) is 0 Å². The molecule has 1 aliphatic carbocycles. The predicted molar refractivity (Wildman–Crippen MR) is 69.9 cm³/mol. The van der Waals surface area contributed by atoms with Crippen molar-refractivity contribution in [2.75, 3.05) is 0 Å². The van der Waals surface area contributed by atoms with Crippen molar-refractivity contribution in [1.82, 2.24) is 0 Å². The first kappa shape index (κ1) is 11.8. The van der Waals surface area contributed by atoms with E-state index in [1.165, 1.54) is 6.07 Å². The summed E-state index contributed by atoms with van der Waals surface area (Å²) in [6, 6.07) is 5.15. The van der Waals surface area contributed by atoms with E-state index in [-0.39, 0.29) is 11.2 Å². The van der Waals surface area contributed by atoms with Gasteiger partial charge in [0, 0.05) is 5.41 Å². The molecule has 3 heteroatoms. The topological polar surface area (TPSA) is 32.6 Å². The van der Waals surface area contributed by atoms with Gasteiger partial charge in [-0.05, 0) is 38.3 Å². The van der Waals surface area contributed by atoms with Crippen LogP contribution in [0.15, 0.2) is 23.2 Å². The Morgan fingerprint density at radius 1 is 1.28 bits per heavy atom. The third kappa shape index (κ3) is 1.46. The second-order valence-corrected chi connectivity index (χ2v) is 5.94. The van der Waals surface area contributed by atoms with E-state index in [1.807, 2.05) is 6.07 Å². The number of para-hydroxylation sites is 1. The lowest BCUT2D eigenvalue weighted by atomic mass is 9.71. The fourth-order valence-corrected chi connectivity index (χ4v) is 3.57. The lowest BCUT2D eigenvalue weighted by Crippen LogP contribution is -2.44. The maximum absolute atomic E-state index is 13.9. The molecular weight excluding hydrogens is 229 g/mol. The molecule has 0 unspecified atom stereocenters. The van der Waals surface area contributed by atoms with E-state index in [9.17, 15) is 9.50 Å². The standard InChI is InChI=1S/C15H18FNO/c1-14(2,18)13-15(8-3-4-9-15)10-6-5-7-11(16)12(10)17-13/h5-7,18H,3-4,8-9H2,1-2H3. The molecule has 2 aliphatic rings. The summed E-state index contributed by atoms with van der Waals surface area (Å²) >= 11 is 0. The van der Waals surface area contributed by atoms with Gasteiger partial charge in [0.15, 0.2) is 0 Å². The van der Waals surface area contributed by atoms with Crippen molar-refractivity contribution in [3.63, 3.8) is 0 Å². The maximum atomic E-state index is 13.9. The average Bonchev–Trinajstić information content (AvgIpc) is 2.87. The highest BCUT2D eigenvalue weighted by Crippen LogP contribution is 2.52. The van der Waals surface area contributed by atoms with Crippen LogP contribution in [0.25, 0.3) is 0 Å². The number of aliphatic hydroxyl groups is 1. The van der Waals surface area contributed by atoms with Crippen LogP contribution in [0.5, 0.6) is 0 Å². The first-order chi connectivity index (χ1) is 8.45. The number of aliphatic imine (C=N–C) groups is 1. The molecule has 0 saturated heterocycles. The first-order valence-electron chi connectivity index (χ1n) is 6.56. The molecule has 1 N–H and O–H groups in total. The van der Waals surface area contributed by atoms with Crippen LogP contribution in [-0.2, 0) is 5.41 Å². The Morgan fingerprint density at radius 2 is 1.94 bits per heavy atom. The molecule has 1 aliphatic heterocycles. The highest BCUT2D eigenvalue weighted by Gasteiger charge is 2.50. The van der Waals surface area contributed by atoms with Crippen LogP contribution < -0.4 is 0 Å². The van der Waals surface area contributed by atoms with Gasteiger partial charge in [-0.15, -0.1) is 0 Å². The second-order valence-electron chi connectivity index (χ2n) is 5.94. The van der Waals surface area contributed by atoms with Crippen molar-refractivity contribution < 1.29 is 9.50 Å². The molecule has 96 valence electrons.